The Hall–Kier alpha value is -1.57. The molecule has 2 heteroatoms. The summed E-state index contributed by atoms with van der Waals surface area (Å²) in [5.74, 6) is -0.261. The summed E-state index contributed by atoms with van der Waals surface area (Å²) in [7, 11) is 0. The van der Waals surface area contributed by atoms with Gasteiger partial charge in [-0.3, -0.25) is 0 Å². The molecule has 0 aromatic heterocycles. The standard InChI is InChI=1S/C16H18O2/c1-11(2)15(17)18-14-13-6-4-3-5-12(13)7-8-16(14)9-10-16/h3-6,14H,1,7-10H2,2H3. The first kappa shape index (κ1) is 11.5. The lowest BCUT2D eigenvalue weighted by Gasteiger charge is -2.33. The molecule has 2 aliphatic carbocycles. The zero-order valence-electron chi connectivity index (χ0n) is 10.7. The molecule has 1 saturated carbocycles. The second kappa shape index (κ2) is 3.98. The molecule has 1 fully saturated rings. The van der Waals surface area contributed by atoms with Crippen molar-refractivity contribution < 1.29 is 9.53 Å². The van der Waals surface area contributed by atoms with Crippen LogP contribution in [0.2, 0.25) is 0 Å². The topological polar surface area (TPSA) is 26.3 Å². The van der Waals surface area contributed by atoms with Gasteiger partial charge < -0.3 is 4.74 Å². The van der Waals surface area contributed by atoms with Crippen molar-refractivity contribution in [3.05, 3.63) is 47.5 Å². The molecule has 2 aliphatic rings. The Morgan fingerprint density at radius 2 is 2.06 bits per heavy atom. The summed E-state index contributed by atoms with van der Waals surface area (Å²) in [6.07, 6.45) is 4.53. The molecule has 1 aromatic carbocycles. The third-order valence-electron chi connectivity index (χ3n) is 4.25. The second-order valence-corrected chi connectivity index (χ2v) is 5.63. The van der Waals surface area contributed by atoms with Crippen molar-refractivity contribution in [3.63, 3.8) is 0 Å². The molecule has 1 aromatic rings. The van der Waals surface area contributed by atoms with Gasteiger partial charge in [-0.2, -0.15) is 0 Å². The first-order chi connectivity index (χ1) is 8.62. The van der Waals surface area contributed by atoms with Crippen molar-refractivity contribution in [1.29, 1.82) is 0 Å². The van der Waals surface area contributed by atoms with E-state index in [9.17, 15) is 4.79 Å². The molecule has 1 atom stereocenters. The number of ether oxygens (including phenoxy) is 1. The molecule has 0 N–H and O–H groups in total. The maximum atomic E-state index is 11.8. The summed E-state index contributed by atoms with van der Waals surface area (Å²) in [5, 5.41) is 0. The van der Waals surface area contributed by atoms with Gasteiger partial charge in [0.05, 0.1) is 0 Å². The van der Waals surface area contributed by atoms with Crippen LogP contribution in [0.1, 0.15) is 43.4 Å². The van der Waals surface area contributed by atoms with E-state index in [-0.39, 0.29) is 17.5 Å². The summed E-state index contributed by atoms with van der Waals surface area (Å²) in [5.41, 5.74) is 3.23. The number of aryl methyl sites for hydroxylation is 1. The van der Waals surface area contributed by atoms with Crippen LogP contribution in [0.4, 0.5) is 0 Å². The fraction of sp³-hybridized carbons (Fsp3) is 0.438. The Balaban J connectivity index is 1.94. The highest BCUT2D eigenvalue weighted by Gasteiger charge is 2.54. The highest BCUT2D eigenvalue weighted by atomic mass is 16.5. The zero-order chi connectivity index (χ0) is 12.8. The van der Waals surface area contributed by atoms with Gasteiger partial charge in [-0.05, 0) is 43.7 Å². The predicted molar refractivity (Wildman–Crippen MR) is 70.1 cm³/mol. The molecule has 1 spiro atoms. The van der Waals surface area contributed by atoms with Gasteiger partial charge in [0.2, 0.25) is 0 Å². The third-order valence-corrected chi connectivity index (χ3v) is 4.25. The fourth-order valence-electron chi connectivity index (χ4n) is 2.93. The summed E-state index contributed by atoms with van der Waals surface area (Å²) >= 11 is 0. The Labute approximate surface area is 108 Å². The van der Waals surface area contributed by atoms with Gasteiger partial charge in [-0.25, -0.2) is 4.79 Å². The predicted octanol–water partition coefficient (Wildman–Crippen LogP) is 3.57. The largest absolute Gasteiger partial charge is 0.454 e. The summed E-state index contributed by atoms with van der Waals surface area (Å²) in [6.45, 7) is 5.38. The van der Waals surface area contributed by atoms with Gasteiger partial charge in [0.25, 0.3) is 0 Å². The van der Waals surface area contributed by atoms with E-state index in [1.54, 1.807) is 6.92 Å². The molecular weight excluding hydrogens is 224 g/mol. The van der Waals surface area contributed by atoms with Gasteiger partial charge in [0.15, 0.2) is 0 Å². The quantitative estimate of drug-likeness (QED) is 0.585. The van der Waals surface area contributed by atoms with E-state index < -0.39 is 0 Å². The lowest BCUT2D eigenvalue weighted by atomic mass is 9.79. The monoisotopic (exact) mass is 242 g/mol. The van der Waals surface area contributed by atoms with Crippen LogP contribution in [0.3, 0.4) is 0 Å². The van der Waals surface area contributed by atoms with Crippen molar-refractivity contribution in [2.24, 2.45) is 5.41 Å². The molecule has 0 heterocycles. The summed E-state index contributed by atoms with van der Waals surface area (Å²) in [4.78, 5) is 11.8. The van der Waals surface area contributed by atoms with E-state index in [1.165, 1.54) is 24.0 Å². The van der Waals surface area contributed by atoms with Crippen LogP contribution in [0.25, 0.3) is 0 Å². The van der Waals surface area contributed by atoms with E-state index in [0.29, 0.717) is 5.57 Å². The van der Waals surface area contributed by atoms with Crippen molar-refractivity contribution in [2.75, 3.05) is 0 Å². The van der Waals surface area contributed by atoms with Crippen LogP contribution in [-0.4, -0.2) is 5.97 Å². The molecule has 0 amide bonds. The molecule has 0 aliphatic heterocycles. The van der Waals surface area contributed by atoms with Crippen LogP contribution in [0, 0.1) is 5.41 Å². The zero-order valence-corrected chi connectivity index (χ0v) is 10.7. The highest BCUT2D eigenvalue weighted by molar-refractivity contribution is 5.87. The minimum absolute atomic E-state index is 0.0633. The molecule has 0 bridgehead atoms. The van der Waals surface area contributed by atoms with Crippen molar-refractivity contribution in [3.8, 4) is 0 Å². The Kier molecular flexibility index (Phi) is 2.54. The maximum Gasteiger partial charge on any atom is 0.333 e. The van der Waals surface area contributed by atoms with E-state index in [1.807, 2.05) is 6.07 Å². The van der Waals surface area contributed by atoms with E-state index in [2.05, 4.69) is 24.8 Å². The first-order valence-corrected chi connectivity index (χ1v) is 6.57. The smallest absolute Gasteiger partial charge is 0.333 e. The molecule has 1 unspecified atom stereocenters. The van der Waals surface area contributed by atoms with Gasteiger partial charge in [-0.1, -0.05) is 30.8 Å². The van der Waals surface area contributed by atoms with Gasteiger partial charge in [0, 0.05) is 11.0 Å². The number of benzene rings is 1. The van der Waals surface area contributed by atoms with Crippen molar-refractivity contribution in [1.82, 2.24) is 0 Å². The normalized spacial score (nSPS) is 23.3. The van der Waals surface area contributed by atoms with Crippen molar-refractivity contribution in [2.45, 2.75) is 38.7 Å². The Morgan fingerprint density at radius 3 is 2.72 bits per heavy atom. The summed E-state index contributed by atoms with van der Waals surface area (Å²) < 4.78 is 5.72. The molecule has 0 radical (unpaired) electrons. The van der Waals surface area contributed by atoms with Crippen LogP contribution in [-0.2, 0) is 16.0 Å². The van der Waals surface area contributed by atoms with Crippen molar-refractivity contribution >= 4 is 5.97 Å². The first-order valence-electron chi connectivity index (χ1n) is 6.57. The SMILES string of the molecule is C=C(C)C(=O)OC1c2ccccc2CCC12CC2. The van der Waals surface area contributed by atoms with E-state index in [4.69, 9.17) is 4.74 Å². The minimum atomic E-state index is -0.261. The number of rotatable bonds is 2. The third kappa shape index (κ3) is 1.76. The van der Waals surface area contributed by atoms with E-state index in [0.717, 1.165) is 12.8 Å². The van der Waals surface area contributed by atoms with Crippen LogP contribution in [0.5, 0.6) is 0 Å². The lowest BCUT2D eigenvalue weighted by Crippen LogP contribution is -2.26. The van der Waals surface area contributed by atoms with E-state index >= 15 is 0 Å². The van der Waals surface area contributed by atoms with Gasteiger partial charge >= 0.3 is 5.97 Å². The highest BCUT2D eigenvalue weighted by Crippen LogP contribution is 2.62. The number of carbonyl (C=O) groups excluding carboxylic acids is 1. The summed E-state index contributed by atoms with van der Waals surface area (Å²) in [6, 6.07) is 8.33. The molecule has 2 nitrogen and oxygen atoms in total. The average molecular weight is 242 g/mol. The molecule has 18 heavy (non-hydrogen) atoms. The Morgan fingerprint density at radius 1 is 1.33 bits per heavy atom. The van der Waals surface area contributed by atoms with Crippen LogP contribution < -0.4 is 0 Å². The molecule has 0 saturated heterocycles. The maximum absolute atomic E-state index is 11.8. The molecule has 3 rings (SSSR count). The van der Waals surface area contributed by atoms with Gasteiger partial charge in [0.1, 0.15) is 6.10 Å². The molecular formula is C16H18O2. The lowest BCUT2D eigenvalue weighted by molar-refractivity contribution is -0.149. The number of fused-ring (bicyclic) bond motifs is 1. The van der Waals surface area contributed by atoms with Crippen LogP contribution in [0.15, 0.2) is 36.4 Å². The average Bonchev–Trinajstić information content (AvgIpc) is 3.13. The van der Waals surface area contributed by atoms with Crippen LogP contribution >= 0.6 is 0 Å². The number of carbonyl (C=O) groups is 1. The Bertz CT molecular complexity index is 512. The molecule has 94 valence electrons. The number of hydrogen-bond donors (Lipinski definition) is 0. The fourth-order valence-corrected chi connectivity index (χ4v) is 2.93. The minimum Gasteiger partial charge on any atom is -0.454 e. The second-order valence-electron chi connectivity index (χ2n) is 5.63. The van der Waals surface area contributed by atoms with Gasteiger partial charge in [-0.15, -0.1) is 0 Å². The number of hydrogen-bond acceptors (Lipinski definition) is 2. The number of esters is 1.